The molecule has 15 heavy (non-hydrogen) atoms. The molecule has 0 saturated carbocycles. The van der Waals surface area contributed by atoms with Crippen molar-refractivity contribution in [2.75, 3.05) is 6.54 Å². The molecule has 0 bridgehead atoms. The minimum atomic E-state index is 0.786. The molecule has 0 unspecified atom stereocenters. The molecule has 0 spiro atoms. The van der Waals surface area contributed by atoms with E-state index in [4.69, 9.17) is 5.73 Å². The molecule has 1 aromatic rings. The lowest BCUT2D eigenvalue weighted by atomic mass is 10.1. The van der Waals surface area contributed by atoms with Crippen molar-refractivity contribution >= 4 is 6.08 Å². The number of nitrogens with two attached hydrogens (primary N) is 1. The molecule has 2 N–H and O–H groups in total. The van der Waals surface area contributed by atoms with Crippen LogP contribution < -0.4 is 5.73 Å². The molecule has 0 heterocycles. The lowest BCUT2D eigenvalue weighted by Gasteiger charge is -2.00. The van der Waals surface area contributed by atoms with Crippen molar-refractivity contribution in [2.24, 2.45) is 5.73 Å². The summed E-state index contributed by atoms with van der Waals surface area (Å²) in [4.78, 5) is 0. The maximum atomic E-state index is 5.45. The van der Waals surface area contributed by atoms with Crippen molar-refractivity contribution < 1.29 is 0 Å². The summed E-state index contributed by atoms with van der Waals surface area (Å²) < 4.78 is 0. The van der Waals surface area contributed by atoms with Crippen molar-refractivity contribution in [3.63, 3.8) is 0 Å². The van der Waals surface area contributed by atoms with Crippen LogP contribution in [0.2, 0.25) is 0 Å². The smallest absolute Gasteiger partial charge is 0.00743 e. The minimum absolute atomic E-state index is 0.786. The highest BCUT2D eigenvalue weighted by Crippen LogP contribution is 2.23. The predicted octanol–water partition coefficient (Wildman–Crippen LogP) is 2.93. The van der Waals surface area contributed by atoms with Crippen LogP contribution in [-0.4, -0.2) is 6.54 Å². The van der Waals surface area contributed by atoms with E-state index in [1.165, 1.54) is 24.8 Å². The molecular formula is C14H19N. The highest BCUT2D eigenvalue weighted by molar-refractivity contribution is 5.52. The van der Waals surface area contributed by atoms with Gasteiger partial charge in [-0.25, -0.2) is 0 Å². The first-order chi connectivity index (χ1) is 7.40. The Morgan fingerprint density at radius 1 is 1.20 bits per heavy atom. The van der Waals surface area contributed by atoms with Crippen LogP contribution in [0.15, 0.2) is 24.3 Å². The zero-order valence-electron chi connectivity index (χ0n) is 9.21. The van der Waals surface area contributed by atoms with Gasteiger partial charge in [-0.2, -0.15) is 0 Å². The summed E-state index contributed by atoms with van der Waals surface area (Å²) >= 11 is 0. The number of benzene rings is 1. The van der Waals surface area contributed by atoms with Crippen LogP contribution in [0.5, 0.6) is 0 Å². The third kappa shape index (κ3) is 2.69. The van der Waals surface area contributed by atoms with E-state index >= 15 is 0 Å². The van der Waals surface area contributed by atoms with Gasteiger partial charge in [-0.1, -0.05) is 30.4 Å². The van der Waals surface area contributed by atoms with E-state index in [0.29, 0.717) is 0 Å². The summed E-state index contributed by atoms with van der Waals surface area (Å²) in [5, 5.41) is 0. The number of aryl methyl sites for hydroxylation is 2. The normalized spacial score (nSPS) is 14.7. The van der Waals surface area contributed by atoms with Gasteiger partial charge in [0.25, 0.3) is 0 Å². The standard InChI is InChI=1S/C14H19N/c15-10-3-1-2-5-12-8-9-13-6-4-7-14(13)11-12/h2,5,8-9,11H,1,3-4,6-7,10,15H2/b5-2+. The maximum absolute atomic E-state index is 5.45. The Morgan fingerprint density at radius 3 is 2.93 bits per heavy atom. The average molecular weight is 201 g/mol. The summed E-state index contributed by atoms with van der Waals surface area (Å²) in [6, 6.07) is 6.84. The summed E-state index contributed by atoms with van der Waals surface area (Å²) in [6.45, 7) is 0.786. The van der Waals surface area contributed by atoms with Gasteiger partial charge in [-0.3, -0.25) is 0 Å². The molecule has 1 heteroatoms. The Balaban J connectivity index is 2.00. The van der Waals surface area contributed by atoms with Crippen LogP contribution in [-0.2, 0) is 12.8 Å². The van der Waals surface area contributed by atoms with Crippen molar-refractivity contribution in [2.45, 2.75) is 32.1 Å². The number of unbranched alkanes of at least 4 members (excludes halogenated alkanes) is 1. The number of hydrogen-bond donors (Lipinski definition) is 1. The Labute approximate surface area is 92.0 Å². The Bertz CT molecular complexity index is 352. The Kier molecular flexibility index (Phi) is 3.57. The highest BCUT2D eigenvalue weighted by Gasteiger charge is 2.09. The molecule has 0 aliphatic heterocycles. The van der Waals surface area contributed by atoms with Crippen LogP contribution in [0, 0.1) is 0 Å². The fourth-order valence-electron chi connectivity index (χ4n) is 2.15. The van der Waals surface area contributed by atoms with Crippen LogP contribution in [0.4, 0.5) is 0 Å². The highest BCUT2D eigenvalue weighted by atomic mass is 14.5. The summed E-state index contributed by atoms with van der Waals surface area (Å²) in [5.74, 6) is 0. The summed E-state index contributed by atoms with van der Waals surface area (Å²) in [6.07, 6.45) is 10.5. The van der Waals surface area contributed by atoms with Gasteiger partial charge >= 0.3 is 0 Å². The zero-order valence-corrected chi connectivity index (χ0v) is 9.21. The molecule has 2 rings (SSSR count). The number of fused-ring (bicyclic) bond motifs is 1. The monoisotopic (exact) mass is 201 g/mol. The third-order valence-corrected chi connectivity index (χ3v) is 3.01. The van der Waals surface area contributed by atoms with Gasteiger partial charge < -0.3 is 5.73 Å². The molecule has 0 atom stereocenters. The van der Waals surface area contributed by atoms with Gasteiger partial charge in [0.05, 0.1) is 0 Å². The number of allylic oxidation sites excluding steroid dienone is 1. The van der Waals surface area contributed by atoms with Crippen LogP contribution in [0.3, 0.4) is 0 Å². The molecule has 0 radical (unpaired) electrons. The minimum Gasteiger partial charge on any atom is -0.330 e. The van der Waals surface area contributed by atoms with Gasteiger partial charge in [0.2, 0.25) is 0 Å². The second kappa shape index (κ2) is 5.13. The summed E-state index contributed by atoms with van der Waals surface area (Å²) in [5.41, 5.74) is 9.89. The zero-order chi connectivity index (χ0) is 10.5. The SMILES string of the molecule is NCCC/C=C/c1ccc2c(c1)CCC2. The molecule has 1 nitrogen and oxygen atoms in total. The van der Waals surface area contributed by atoms with E-state index in [2.05, 4.69) is 30.4 Å². The van der Waals surface area contributed by atoms with E-state index in [1.54, 1.807) is 11.1 Å². The molecule has 0 amide bonds. The van der Waals surface area contributed by atoms with E-state index in [-0.39, 0.29) is 0 Å². The van der Waals surface area contributed by atoms with Gasteiger partial charge in [0.15, 0.2) is 0 Å². The van der Waals surface area contributed by atoms with Gasteiger partial charge in [-0.15, -0.1) is 0 Å². The Morgan fingerprint density at radius 2 is 2.07 bits per heavy atom. The fourth-order valence-corrected chi connectivity index (χ4v) is 2.15. The quantitative estimate of drug-likeness (QED) is 0.745. The molecule has 1 aliphatic carbocycles. The maximum Gasteiger partial charge on any atom is -0.00743 e. The Hall–Kier alpha value is -1.08. The lowest BCUT2D eigenvalue weighted by molar-refractivity contribution is 0.857. The third-order valence-electron chi connectivity index (χ3n) is 3.01. The summed E-state index contributed by atoms with van der Waals surface area (Å²) in [7, 11) is 0. The first kappa shape index (κ1) is 10.4. The van der Waals surface area contributed by atoms with Gasteiger partial charge in [0.1, 0.15) is 0 Å². The second-order valence-corrected chi connectivity index (χ2v) is 4.21. The van der Waals surface area contributed by atoms with Crippen molar-refractivity contribution in [1.29, 1.82) is 0 Å². The van der Waals surface area contributed by atoms with Gasteiger partial charge in [0, 0.05) is 0 Å². The molecule has 80 valence electrons. The van der Waals surface area contributed by atoms with Gasteiger partial charge in [-0.05, 0) is 55.3 Å². The van der Waals surface area contributed by atoms with Crippen LogP contribution in [0.1, 0.15) is 36.0 Å². The first-order valence-electron chi connectivity index (χ1n) is 5.88. The van der Waals surface area contributed by atoms with Crippen molar-refractivity contribution in [3.8, 4) is 0 Å². The molecule has 1 aliphatic rings. The van der Waals surface area contributed by atoms with Crippen molar-refractivity contribution in [3.05, 3.63) is 41.0 Å². The predicted molar refractivity (Wildman–Crippen MR) is 65.8 cm³/mol. The molecule has 0 saturated heterocycles. The molecule has 0 aromatic heterocycles. The van der Waals surface area contributed by atoms with Crippen LogP contribution >= 0.6 is 0 Å². The number of rotatable bonds is 4. The molecule has 1 aromatic carbocycles. The largest absolute Gasteiger partial charge is 0.330 e. The van der Waals surface area contributed by atoms with E-state index in [1.807, 2.05) is 0 Å². The first-order valence-corrected chi connectivity index (χ1v) is 5.88. The topological polar surface area (TPSA) is 26.0 Å². The fraction of sp³-hybridized carbons (Fsp3) is 0.429. The van der Waals surface area contributed by atoms with Crippen molar-refractivity contribution in [1.82, 2.24) is 0 Å². The van der Waals surface area contributed by atoms with E-state index in [9.17, 15) is 0 Å². The van der Waals surface area contributed by atoms with E-state index < -0.39 is 0 Å². The second-order valence-electron chi connectivity index (χ2n) is 4.21. The number of hydrogen-bond acceptors (Lipinski definition) is 1. The average Bonchev–Trinajstić information content (AvgIpc) is 2.71. The lowest BCUT2D eigenvalue weighted by Crippen LogP contribution is -1.96. The molecular weight excluding hydrogens is 182 g/mol. The van der Waals surface area contributed by atoms with Crippen LogP contribution in [0.25, 0.3) is 6.08 Å². The van der Waals surface area contributed by atoms with E-state index in [0.717, 1.165) is 19.4 Å². The molecule has 0 fully saturated rings.